The molecule has 2 atom stereocenters. The summed E-state index contributed by atoms with van der Waals surface area (Å²) in [6, 6.07) is 23.2. The Morgan fingerprint density at radius 1 is 1.00 bits per heavy atom. The first-order chi connectivity index (χ1) is 15.2. The molecule has 3 aromatic rings. The molecule has 1 heterocycles. The highest BCUT2D eigenvalue weighted by molar-refractivity contribution is 6.11. The number of methoxy groups -OCH3 is 1. The van der Waals surface area contributed by atoms with Crippen molar-refractivity contribution in [3.05, 3.63) is 101 Å². The van der Waals surface area contributed by atoms with Crippen LogP contribution in [0.3, 0.4) is 0 Å². The van der Waals surface area contributed by atoms with E-state index < -0.39 is 0 Å². The number of hydrogen-bond acceptors (Lipinski definition) is 4. The van der Waals surface area contributed by atoms with Crippen LogP contribution in [0.5, 0.6) is 5.75 Å². The zero-order valence-electron chi connectivity index (χ0n) is 17.4. The highest BCUT2D eigenvalue weighted by atomic mass is 19.1. The topological polar surface area (TPSA) is 46.0 Å². The third kappa shape index (κ3) is 3.83. The van der Waals surface area contributed by atoms with Crippen molar-refractivity contribution in [2.45, 2.75) is 18.9 Å². The first kappa shape index (κ1) is 19.5. The van der Waals surface area contributed by atoms with Gasteiger partial charge in [0.25, 0.3) is 0 Å². The fraction of sp³-hybridized carbons (Fsp3) is 0.231. The summed E-state index contributed by atoms with van der Waals surface area (Å²) in [4.78, 5) is 9.63. The second-order valence-electron chi connectivity index (χ2n) is 7.95. The first-order valence-corrected chi connectivity index (χ1v) is 10.6. The van der Waals surface area contributed by atoms with Crippen molar-refractivity contribution in [2.24, 2.45) is 15.9 Å². The quantitative estimate of drug-likeness (QED) is 0.659. The molecule has 0 spiro atoms. The van der Waals surface area contributed by atoms with E-state index in [1.54, 1.807) is 19.2 Å². The largest absolute Gasteiger partial charge is 0.496 e. The van der Waals surface area contributed by atoms with Crippen LogP contribution in [-0.4, -0.2) is 25.3 Å². The molecule has 5 heteroatoms. The van der Waals surface area contributed by atoms with Crippen LogP contribution in [-0.2, 0) is 6.54 Å². The number of halogens is 1. The van der Waals surface area contributed by atoms with Crippen LogP contribution in [0.25, 0.3) is 0 Å². The molecule has 0 saturated heterocycles. The van der Waals surface area contributed by atoms with Gasteiger partial charge in [-0.25, -0.2) is 9.38 Å². The Labute approximate surface area is 181 Å². The van der Waals surface area contributed by atoms with Crippen LogP contribution in [0.2, 0.25) is 0 Å². The van der Waals surface area contributed by atoms with Gasteiger partial charge in [0.2, 0.25) is 5.96 Å². The van der Waals surface area contributed by atoms with Crippen LogP contribution in [0.4, 0.5) is 4.39 Å². The fourth-order valence-electron chi connectivity index (χ4n) is 4.57. The van der Waals surface area contributed by atoms with Crippen LogP contribution < -0.4 is 10.1 Å². The Bertz CT molecular complexity index is 1150. The van der Waals surface area contributed by atoms with Crippen LogP contribution in [0, 0.1) is 11.7 Å². The number of benzene rings is 3. The smallest absolute Gasteiger partial charge is 0.218 e. The fourth-order valence-corrected chi connectivity index (χ4v) is 4.57. The molecule has 31 heavy (non-hydrogen) atoms. The number of nitrogens with one attached hydrogen (secondary N) is 1. The molecular formula is C26H24FN3O. The molecule has 0 radical (unpaired) electrons. The number of fused-ring (bicyclic) bond motifs is 3. The maximum absolute atomic E-state index is 13.5. The Morgan fingerprint density at radius 3 is 2.61 bits per heavy atom. The number of nitrogens with zero attached hydrogens (tertiary/aromatic N) is 2. The molecule has 3 aromatic carbocycles. The van der Waals surface area contributed by atoms with Gasteiger partial charge in [0.15, 0.2) is 0 Å². The molecular weight excluding hydrogens is 389 g/mol. The van der Waals surface area contributed by atoms with Gasteiger partial charge < -0.3 is 10.1 Å². The van der Waals surface area contributed by atoms with Crippen molar-refractivity contribution < 1.29 is 9.13 Å². The average molecular weight is 413 g/mol. The summed E-state index contributed by atoms with van der Waals surface area (Å²) < 4.78 is 18.9. The van der Waals surface area contributed by atoms with Gasteiger partial charge in [0.1, 0.15) is 11.6 Å². The molecule has 156 valence electrons. The predicted molar refractivity (Wildman–Crippen MR) is 121 cm³/mol. The van der Waals surface area contributed by atoms with Gasteiger partial charge in [-0.05, 0) is 35.7 Å². The van der Waals surface area contributed by atoms with E-state index >= 15 is 0 Å². The lowest BCUT2D eigenvalue weighted by Gasteiger charge is -2.34. The van der Waals surface area contributed by atoms with E-state index in [2.05, 4.69) is 29.6 Å². The van der Waals surface area contributed by atoms with Crippen LogP contribution in [0.1, 0.15) is 34.6 Å². The van der Waals surface area contributed by atoms with E-state index in [-0.39, 0.29) is 17.7 Å². The van der Waals surface area contributed by atoms with Crippen molar-refractivity contribution >= 4 is 11.7 Å². The van der Waals surface area contributed by atoms with Crippen molar-refractivity contribution in [3.8, 4) is 5.75 Å². The molecule has 2 unspecified atom stereocenters. The lowest BCUT2D eigenvalue weighted by molar-refractivity contribution is 0.409. The molecule has 2 aliphatic rings. The number of para-hydroxylation sites is 1. The Hall–Kier alpha value is -3.47. The molecule has 0 bridgehead atoms. The minimum atomic E-state index is -0.205. The summed E-state index contributed by atoms with van der Waals surface area (Å²) in [5, 5.41) is 3.37. The van der Waals surface area contributed by atoms with Crippen molar-refractivity contribution in [1.29, 1.82) is 0 Å². The number of rotatable bonds is 4. The molecule has 1 aliphatic heterocycles. The normalized spacial score (nSPS) is 19.5. The zero-order valence-corrected chi connectivity index (χ0v) is 17.4. The van der Waals surface area contributed by atoms with E-state index in [0.29, 0.717) is 19.0 Å². The van der Waals surface area contributed by atoms with Gasteiger partial charge in [-0.1, -0.05) is 54.6 Å². The number of ether oxygens (including phenoxy) is 1. The second-order valence-corrected chi connectivity index (χ2v) is 7.95. The monoisotopic (exact) mass is 413 g/mol. The molecule has 0 aromatic heterocycles. The second kappa shape index (κ2) is 8.34. The third-order valence-electron chi connectivity index (χ3n) is 6.11. The molecule has 0 fully saturated rings. The SMILES string of the molecule is COc1ccccc1CNC1=NCC2CC(c3ccc(F)cc3)c3ccccc3C2=N1. The molecule has 0 saturated carbocycles. The van der Waals surface area contributed by atoms with Crippen molar-refractivity contribution in [1.82, 2.24) is 5.32 Å². The highest BCUT2D eigenvalue weighted by Gasteiger charge is 2.34. The number of aliphatic imine (C=N–C) groups is 2. The summed E-state index contributed by atoms with van der Waals surface area (Å²) >= 11 is 0. The maximum Gasteiger partial charge on any atom is 0.218 e. The highest BCUT2D eigenvalue weighted by Crippen LogP contribution is 2.40. The Kier molecular flexibility index (Phi) is 5.24. The summed E-state index contributed by atoms with van der Waals surface area (Å²) in [6.45, 7) is 1.29. The summed E-state index contributed by atoms with van der Waals surface area (Å²) in [5.74, 6) is 1.78. The van der Waals surface area contributed by atoms with Gasteiger partial charge in [-0.2, -0.15) is 0 Å². The zero-order chi connectivity index (χ0) is 21.2. The molecule has 1 aliphatic carbocycles. The minimum absolute atomic E-state index is 0.205. The van der Waals surface area contributed by atoms with E-state index in [1.165, 1.54) is 11.1 Å². The average Bonchev–Trinajstić information content (AvgIpc) is 2.83. The van der Waals surface area contributed by atoms with Gasteiger partial charge in [-0.3, -0.25) is 4.99 Å². The maximum atomic E-state index is 13.5. The van der Waals surface area contributed by atoms with Gasteiger partial charge >= 0.3 is 0 Å². The van der Waals surface area contributed by atoms with E-state index in [9.17, 15) is 4.39 Å². The van der Waals surface area contributed by atoms with Crippen LogP contribution >= 0.6 is 0 Å². The summed E-state index contributed by atoms with van der Waals surface area (Å²) in [6.07, 6.45) is 0.921. The van der Waals surface area contributed by atoms with Crippen molar-refractivity contribution in [3.63, 3.8) is 0 Å². The van der Waals surface area contributed by atoms with Gasteiger partial charge in [-0.15, -0.1) is 0 Å². The Balaban J connectivity index is 1.42. The van der Waals surface area contributed by atoms with Gasteiger partial charge in [0, 0.05) is 29.5 Å². The van der Waals surface area contributed by atoms with Crippen LogP contribution in [0.15, 0.2) is 82.8 Å². The number of hydrogen-bond donors (Lipinski definition) is 1. The van der Waals surface area contributed by atoms with E-state index in [0.717, 1.165) is 29.0 Å². The minimum Gasteiger partial charge on any atom is -0.496 e. The summed E-state index contributed by atoms with van der Waals surface area (Å²) in [7, 11) is 1.68. The lowest BCUT2D eigenvalue weighted by atomic mass is 9.72. The lowest BCUT2D eigenvalue weighted by Crippen LogP contribution is -2.35. The van der Waals surface area contributed by atoms with Crippen molar-refractivity contribution in [2.75, 3.05) is 13.7 Å². The first-order valence-electron chi connectivity index (χ1n) is 10.6. The predicted octanol–water partition coefficient (Wildman–Crippen LogP) is 4.93. The Morgan fingerprint density at radius 2 is 1.77 bits per heavy atom. The standard InChI is InChI=1S/C26H24FN3O/c1-31-24-9-5-2-6-18(24)15-28-26-29-16-19-14-23(17-10-12-20(27)13-11-17)21-7-3-4-8-22(21)25(19)30-26/h2-13,19,23H,14-16H2,1H3,(H,28,29). The number of guanidine groups is 1. The van der Waals surface area contributed by atoms with E-state index in [4.69, 9.17) is 14.7 Å². The molecule has 4 nitrogen and oxygen atoms in total. The van der Waals surface area contributed by atoms with E-state index in [1.807, 2.05) is 36.4 Å². The van der Waals surface area contributed by atoms with Gasteiger partial charge in [0.05, 0.1) is 19.4 Å². The third-order valence-corrected chi connectivity index (χ3v) is 6.11. The molecule has 5 rings (SSSR count). The molecule has 0 amide bonds. The molecule has 1 N–H and O–H groups in total. The summed E-state index contributed by atoms with van der Waals surface area (Å²) in [5.41, 5.74) is 5.70.